The van der Waals surface area contributed by atoms with E-state index in [-0.39, 0.29) is 6.10 Å². The molecule has 2 aromatic heterocycles. The lowest BCUT2D eigenvalue weighted by molar-refractivity contribution is 0.0953. The van der Waals surface area contributed by atoms with Crippen LogP contribution in [0.5, 0.6) is 0 Å². The maximum Gasteiger partial charge on any atom is 0.191 e. The molecule has 0 saturated carbocycles. The Kier molecular flexibility index (Phi) is 5.48. The predicted octanol–water partition coefficient (Wildman–Crippen LogP) is 3.58. The smallest absolute Gasteiger partial charge is 0.191 e. The first-order valence-electron chi connectivity index (χ1n) is 7.47. The molecule has 1 fully saturated rings. The SMILES string of the molecule is N#CCCCSc1nnc(-c2cccs2)n1CC1CCCO1. The van der Waals surface area contributed by atoms with Gasteiger partial charge in [0.2, 0.25) is 0 Å². The van der Waals surface area contributed by atoms with Gasteiger partial charge in [-0.1, -0.05) is 17.8 Å². The van der Waals surface area contributed by atoms with Crippen molar-refractivity contribution in [3.8, 4) is 16.8 Å². The number of ether oxygens (including phenoxy) is 1. The fourth-order valence-electron chi connectivity index (χ4n) is 2.45. The summed E-state index contributed by atoms with van der Waals surface area (Å²) in [6.45, 7) is 1.66. The van der Waals surface area contributed by atoms with Gasteiger partial charge in [0.05, 0.1) is 23.6 Å². The van der Waals surface area contributed by atoms with Gasteiger partial charge in [0.15, 0.2) is 11.0 Å². The highest BCUT2D eigenvalue weighted by atomic mass is 32.2. The van der Waals surface area contributed by atoms with E-state index in [0.717, 1.165) is 54.0 Å². The van der Waals surface area contributed by atoms with Gasteiger partial charge in [0.25, 0.3) is 0 Å². The molecule has 0 radical (unpaired) electrons. The van der Waals surface area contributed by atoms with Crippen LogP contribution >= 0.6 is 23.1 Å². The first-order valence-corrected chi connectivity index (χ1v) is 9.33. The Hall–Kier alpha value is -1.36. The van der Waals surface area contributed by atoms with Crippen LogP contribution < -0.4 is 0 Å². The summed E-state index contributed by atoms with van der Waals surface area (Å²) >= 11 is 3.35. The largest absolute Gasteiger partial charge is 0.376 e. The highest BCUT2D eigenvalue weighted by Crippen LogP contribution is 2.29. The fraction of sp³-hybridized carbons (Fsp3) is 0.533. The van der Waals surface area contributed by atoms with Gasteiger partial charge in [-0.05, 0) is 30.7 Å². The number of nitrogens with zero attached hydrogens (tertiary/aromatic N) is 4. The van der Waals surface area contributed by atoms with Crippen LogP contribution in [-0.2, 0) is 11.3 Å². The van der Waals surface area contributed by atoms with Crippen LogP contribution in [0.25, 0.3) is 10.7 Å². The Morgan fingerprint density at radius 1 is 1.50 bits per heavy atom. The topological polar surface area (TPSA) is 63.7 Å². The molecule has 3 rings (SSSR count). The number of hydrogen-bond acceptors (Lipinski definition) is 6. The quantitative estimate of drug-likeness (QED) is 0.572. The minimum atomic E-state index is 0.258. The number of thioether (sulfide) groups is 1. The Balaban J connectivity index is 1.77. The number of nitriles is 1. The second-order valence-corrected chi connectivity index (χ2v) is 7.15. The van der Waals surface area contributed by atoms with Crippen molar-refractivity contribution in [2.75, 3.05) is 12.4 Å². The van der Waals surface area contributed by atoms with Crippen molar-refractivity contribution in [3.63, 3.8) is 0 Å². The molecule has 22 heavy (non-hydrogen) atoms. The van der Waals surface area contributed by atoms with E-state index >= 15 is 0 Å². The number of rotatable bonds is 7. The summed E-state index contributed by atoms with van der Waals surface area (Å²) in [7, 11) is 0. The molecule has 3 heterocycles. The van der Waals surface area contributed by atoms with Gasteiger partial charge in [-0.25, -0.2) is 0 Å². The average Bonchev–Trinajstić information content (AvgIpc) is 3.26. The molecular formula is C15H18N4OS2. The van der Waals surface area contributed by atoms with Crippen LogP contribution in [0.3, 0.4) is 0 Å². The van der Waals surface area contributed by atoms with Gasteiger partial charge >= 0.3 is 0 Å². The highest BCUT2D eigenvalue weighted by Gasteiger charge is 2.21. The molecule has 2 aromatic rings. The molecule has 7 heteroatoms. The third kappa shape index (κ3) is 3.69. The zero-order valence-corrected chi connectivity index (χ0v) is 13.9. The molecule has 1 unspecified atom stereocenters. The van der Waals surface area contributed by atoms with Gasteiger partial charge in [0.1, 0.15) is 0 Å². The number of unbranched alkanes of at least 4 members (excludes halogenated alkanes) is 1. The molecule has 116 valence electrons. The molecule has 0 amide bonds. The normalized spacial score (nSPS) is 17.7. The third-order valence-electron chi connectivity index (χ3n) is 3.53. The van der Waals surface area contributed by atoms with Gasteiger partial charge in [-0.3, -0.25) is 4.57 Å². The maximum absolute atomic E-state index is 8.63. The van der Waals surface area contributed by atoms with Crippen LogP contribution in [0, 0.1) is 11.3 Å². The van der Waals surface area contributed by atoms with E-state index in [1.807, 2.05) is 6.07 Å². The Morgan fingerprint density at radius 2 is 2.45 bits per heavy atom. The second kappa shape index (κ2) is 7.77. The van der Waals surface area contributed by atoms with Crippen LogP contribution in [0.2, 0.25) is 0 Å². The van der Waals surface area contributed by atoms with Crippen molar-refractivity contribution >= 4 is 23.1 Å². The summed E-state index contributed by atoms with van der Waals surface area (Å²) in [5, 5.41) is 20.4. The van der Waals surface area contributed by atoms with Crippen LogP contribution in [0.4, 0.5) is 0 Å². The summed E-state index contributed by atoms with van der Waals surface area (Å²) in [6.07, 6.45) is 3.95. The first-order chi connectivity index (χ1) is 10.9. The molecule has 0 bridgehead atoms. The molecule has 1 atom stereocenters. The van der Waals surface area contributed by atoms with Gasteiger partial charge in [-0.15, -0.1) is 21.5 Å². The average molecular weight is 334 g/mol. The predicted molar refractivity (Wildman–Crippen MR) is 87.9 cm³/mol. The van der Waals surface area contributed by atoms with Crippen LogP contribution in [0.15, 0.2) is 22.7 Å². The van der Waals surface area contributed by atoms with Crippen molar-refractivity contribution in [1.82, 2.24) is 14.8 Å². The lowest BCUT2D eigenvalue weighted by Crippen LogP contribution is -2.16. The van der Waals surface area contributed by atoms with E-state index in [2.05, 4.69) is 32.3 Å². The van der Waals surface area contributed by atoms with Crippen molar-refractivity contribution in [3.05, 3.63) is 17.5 Å². The fourth-order valence-corrected chi connectivity index (χ4v) is 4.06. The lowest BCUT2D eigenvalue weighted by atomic mass is 10.2. The zero-order valence-electron chi connectivity index (χ0n) is 12.3. The van der Waals surface area contributed by atoms with Crippen molar-refractivity contribution in [2.24, 2.45) is 0 Å². The van der Waals surface area contributed by atoms with E-state index in [0.29, 0.717) is 6.42 Å². The van der Waals surface area contributed by atoms with Gasteiger partial charge in [0, 0.05) is 18.8 Å². The monoisotopic (exact) mass is 334 g/mol. The number of thiophene rings is 1. The molecule has 0 spiro atoms. The molecule has 5 nitrogen and oxygen atoms in total. The highest BCUT2D eigenvalue weighted by molar-refractivity contribution is 7.99. The van der Waals surface area contributed by atoms with E-state index < -0.39 is 0 Å². The van der Waals surface area contributed by atoms with Gasteiger partial charge in [-0.2, -0.15) is 5.26 Å². The lowest BCUT2D eigenvalue weighted by Gasteiger charge is -2.14. The molecule has 1 saturated heterocycles. The maximum atomic E-state index is 8.63. The summed E-state index contributed by atoms with van der Waals surface area (Å²) < 4.78 is 7.95. The Morgan fingerprint density at radius 3 is 3.18 bits per heavy atom. The summed E-state index contributed by atoms with van der Waals surface area (Å²) in [5.41, 5.74) is 0. The van der Waals surface area contributed by atoms with Gasteiger partial charge < -0.3 is 4.74 Å². The number of aromatic nitrogens is 3. The van der Waals surface area contributed by atoms with Crippen molar-refractivity contribution < 1.29 is 4.74 Å². The van der Waals surface area contributed by atoms with Crippen molar-refractivity contribution in [2.45, 2.75) is 43.5 Å². The molecule has 1 aliphatic heterocycles. The summed E-state index contributed by atoms with van der Waals surface area (Å²) in [5.74, 6) is 1.81. The molecule has 1 aliphatic rings. The standard InChI is InChI=1S/C15H18N4OS2/c16-7-1-2-9-22-15-18-17-14(13-6-4-10-21-13)19(15)11-12-5-3-8-20-12/h4,6,10,12H,1-3,5,8-9,11H2. The number of hydrogen-bond donors (Lipinski definition) is 0. The molecule has 0 N–H and O–H groups in total. The summed E-state index contributed by atoms with van der Waals surface area (Å²) in [6, 6.07) is 6.29. The minimum Gasteiger partial charge on any atom is -0.376 e. The molecular weight excluding hydrogens is 316 g/mol. The van der Waals surface area contributed by atoms with E-state index in [9.17, 15) is 0 Å². The van der Waals surface area contributed by atoms with E-state index in [4.69, 9.17) is 10.00 Å². The zero-order chi connectivity index (χ0) is 15.2. The first kappa shape index (κ1) is 15.5. The van der Waals surface area contributed by atoms with Crippen LogP contribution in [-0.4, -0.2) is 33.2 Å². The molecule has 0 aromatic carbocycles. The summed E-state index contributed by atoms with van der Waals surface area (Å²) in [4.78, 5) is 1.13. The third-order valence-corrected chi connectivity index (χ3v) is 5.45. The minimum absolute atomic E-state index is 0.258. The second-order valence-electron chi connectivity index (χ2n) is 5.14. The van der Waals surface area contributed by atoms with Crippen molar-refractivity contribution in [1.29, 1.82) is 5.26 Å². The molecule has 0 aliphatic carbocycles. The Labute approximate surface area is 138 Å². The van der Waals surface area contributed by atoms with Crippen LogP contribution in [0.1, 0.15) is 25.7 Å². The van der Waals surface area contributed by atoms with E-state index in [1.54, 1.807) is 23.1 Å². The Bertz CT molecular complexity index is 627. The van der Waals surface area contributed by atoms with E-state index in [1.165, 1.54) is 0 Å².